The highest BCUT2D eigenvalue weighted by Crippen LogP contribution is 2.10. The quantitative estimate of drug-likeness (QED) is 0.830. The molecule has 0 amide bonds. The van der Waals surface area contributed by atoms with E-state index in [9.17, 15) is 0 Å². The van der Waals surface area contributed by atoms with Gasteiger partial charge in [-0.2, -0.15) is 0 Å². The van der Waals surface area contributed by atoms with Gasteiger partial charge in [0, 0.05) is 50.7 Å². The van der Waals surface area contributed by atoms with E-state index in [1.165, 1.54) is 0 Å². The van der Waals surface area contributed by atoms with E-state index in [4.69, 9.17) is 0 Å². The third-order valence-corrected chi connectivity index (χ3v) is 3.73. The van der Waals surface area contributed by atoms with Gasteiger partial charge in [-0.25, -0.2) is 0 Å². The first kappa shape index (κ1) is 10.2. The molecule has 16 heavy (non-hydrogen) atoms. The molecule has 0 spiro atoms. The summed E-state index contributed by atoms with van der Waals surface area (Å²) in [7, 11) is 0. The predicted molar refractivity (Wildman–Crippen MR) is 63.9 cm³/mol. The van der Waals surface area contributed by atoms with E-state index in [1.54, 1.807) is 11.3 Å². The van der Waals surface area contributed by atoms with Crippen molar-refractivity contribution in [2.24, 2.45) is 0 Å². The van der Waals surface area contributed by atoms with Crippen LogP contribution in [0.15, 0.2) is 11.6 Å². The van der Waals surface area contributed by atoms with Gasteiger partial charge in [-0.15, -0.1) is 21.5 Å². The lowest BCUT2D eigenvalue weighted by Crippen LogP contribution is -2.44. The monoisotopic (exact) mass is 237 g/mol. The van der Waals surface area contributed by atoms with Crippen LogP contribution in [0.4, 0.5) is 0 Å². The Kier molecular flexibility index (Phi) is 2.86. The van der Waals surface area contributed by atoms with Crippen molar-refractivity contribution in [3.05, 3.63) is 17.4 Å². The molecule has 0 radical (unpaired) electrons. The minimum Gasteiger partial charge on any atom is -0.314 e. The number of hydrogen-bond donors (Lipinski definition) is 1. The van der Waals surface area contributed by atoms with Gasteiger partial charge in [0.2, 0.25) is 4.96 Å². The summed E-state index contributed by atoms with van der Waals surface area (Å²) in [5.41, 5.74) is 0. The second-order valence-electron chi connectivity index (χ2n) is 4.01. The Morgan fingerprint density at radius 3 is 3.06 bits per heavy atom. The predicted octanol–water partition coefficient (Wildman–Crippen LogP) is 0.238. The van der Waals surface area contributed by atoms with E-state index in [0.29, 0.717) is 0 Å². The lowest BCUT2D eigenvalue weighted by atomic mass is 10.3. The standard InChI is InChI=1S/C10H15N5S/c1(4-14-5-2-11-3-6-14)9-12-13-10-15(9)7-8-16-10/h7-8,11H,1-6H2. The molecule has 0 aromatic carbocycles. The molecular formula is C10H15N5S. The number of rotatable bonds is 3. The fourth-order valence-electron chi connectivity index (χ4n) is 2.05. The minimum absolute atomic E-state index is 0.984. The van der Waals surface area contributed by atoms with Gasteiger partial charge in [-0.05, 0) is 0 Å². The summed E-state index contributed by atoms with van der Waals surface area (Å²) >= 11 is 1.64. The number of hydrogen-bond acceptors (Lipinski definition) is 5. The largest absolute Gasteiger partial charge is 0.314 e. The van der Waals surface area contributed by atoms with Crippen molar-refractivity contribution in [1.29, 1.82) is 0 Å². The normalized spacial score (nSPS) is 18.2. The van der Waals surface area contributed by atoms with Crippen molar-refractivity contribution < 1.29 is 0 Å². The summed E-state index contributed by atoms with van der Waals surface area (Å²) in [4.78, 5) is 3.47. The summed E-state index contributed by atoms with van der Waals surface area (Å²) in [6, 6.07) is 0. The van der Waals surface area contributed by atoms with Crippen LogP contribution in [0.25, 0.3) is 4.96 Å². The molecule has 0 aliphatic carbocycles. The van der Waals surface area contributed by atoms with Crippen LogP contribution >= 0.6 is 11.3 Å². The molecule has 1 aliphatic heterocycles. The minimum atomic E-state index is 0.984. The van der Waals surface area contributed by atoms with Gasteiger partial charge in [-0.3, -0.25) is 4.40 Å². The van der Waals surface area contributed by atoms with Gasteiger partial charge >= 0.3 is 0 Å². The maximum atomic E-state index is 4.22. The van der Waals surface area contributed by atoms with Crippen LogP contribution in [-0.4, -0.2) is 52.2 Å². The zero-order valence-electron chi connectivity index (χ0n) is 9.09. The molecule has 0 bridgehead atoms. The number of aromatic nitrogens is 3. The van der Waals surface area contributed by atoms with Gasteiger partial charge in [-0.1, -0.05) is 0 Å². The van der Waals surface area contributed by atoms with Gasteiger partial charge in [0.25, 0.3) is 0 Å². The van der Waals surface area contributed by atoms with E-state index in [-0.39, 0.29) is 0 Å². The molecule has 3 heterocycles. The van der Waals surface area contributed by atoms with Crippen LogP contribution in [0.2, 0.25) is 0 Å². The van der Waals surface area contributed by atoms with Gasteiger partial charge in [0.1, 0.15) is 5.82 Å². The van der Waals surface area contributed by atoms with Crippen molar-refractivity contribution in [2.45, 2.75) is 6.42 Å². The Balaban J connectivity index is 1.64. The molecule has 86 valence electrons. The second kappa shape index (κ2) is 4.48. The third kappa shape index (κ3) is 1.95. The number of nitrogens with one attached hydrogen (secondary N) is 1. The van der Waals surface area contributed by atoms with E-state index in [0.717, 1.165) is 49.9 Å². The molecule has 1 saturated heterocycles. The van der Waals surface area contributed by atoms with Crippen LogP contribution in [0.5, 0.6) is 0 Å². The van der Waals surface area contributed by atoms with Crippen molar-refractivity contribution in [1.82, 2.24) is 24.8 Å². The fraction of sp³-hybridized carbons (Fsp3) is 0.600. The maximum absolute atomic E-state index is 4.22. The second-order valence-corrected chi connectivity index (χ2v) is 4.89. The summed E-state index contributed by atoms with van der Waals surface area (Å²) in [5.74, 6) is 1.08. The highest BCUT2D eigenvalue weighted by Gasteiger charge is 2.11. The van der Waals surface area contributed by atoms with Crippen LogP contribution in [0, 0.1) is 0 Å². The molecule has 0 atom stereocenters. The Labute approximate surface area is 98.1 Å². The van der Waals surface area contributed by atoms with Gasteiger partial charge < -0.3 is 10.2 Å². The average Bonchev–Trinajstić information content (AvgIpc) is 2.90. The number of nitrogens with zero attached hydrogens (tertiary/aromatic N) is 4. The zero-order valence-corrected chi connectivity index (χ0v) is 9.91. The van der Waals surface area contributed by atoms with Crippen LogP contribution < -0.4 is 5.32 Å². The Morgan fingerprint density at radius 2 is 2.19 bits per heavy atom. The first-order chi connectivity index (χ1) is 7.93. The summed E-state index contributed by atoms with van der Waals surface area (Å²) in [6.45, 7) is 5.58. The number of piperazine rings is 1. The summed E-state index contributed by atoms with van der Waals surface area (Å²) < 4.78 is 2.09. The van der Waals surface area contributed by atoms with Crippen LogP contribution in [0.3, 0.4) is 0 Å². The zero-order chi connectivity index (χ0) is 10.8. The molecular weight excluding hydrogens is 222 g/mol. The highest BCUT2D eigenvalue weighted by molar-refractivity contribution is 7.15. The molecule has 2 aromatic rings. The van der Waals surface area contributed by atoms with Gasteiger partial charge in [0.05, 0.1) is 0 Å². The third-order valence-electron chi connectivity index (χ3n) is 2.98. The first-order valence-electron chi connectivity index (χ1n) is 5.64. The molecule has 3 rings (SSSR count). The van der Waals surface area contributed by atoms with Crippen molar-refractivity contribution in [2.75, 3.05) is 32.7 Å². The molecule has 6 heteroatoms. The molecule has 2 aromatic heterocycles. The van der Waals surface area contributed by atoms with E-state index < -0.39 is 0 Å². The Bertz CT molecular complexity index is 456. The highest BCUT2D eigenvalue weighted by atomic mass is 32.1. The number of thiazole rings is 1. The van der Waals surface area contributed by atoms with Gasteiger partial charge in [0.15, 0.2) is 0 Å². The lowest BCUT2D eigenvalue weighted by molar-refractivity contribution is 0.242. The SMILES string of the molecule is c1cn2c(CCN3CCNCC3)nnc2s1. The first-order valence-corrected chi connectivity index (χ1v) is 6.51. The average molecular weight is 237 g/mol. The maximum Gasteiger partial charge on any atom is 0.216 e. The summed E-state index contributed by atoms with van der Waals surface area (Å²) in [6.07, 6.45) is 3.03. The molecule has 1 N–H and O–H groups in total. The molecule has 5 nitrogen and oxygen atoms in total. The van der Waals surface area contributed by atoms with Crippen molar-refractivity contribution in [3.63, 3.8) is 0 Å². The lowest BCUT2D eigenvalue weighted by Gasteiger charge is -2.26. The smallest absolute Gasteiger partial charge is 0.216 e. The van der Waals surface area contributed by atoms with Crippen molar-refractivity contribution in [3.8, 4) is 0 Å². The topological polar surface area (TPSA) is 45.5 Å². The van der Waals surface area contributed by atoms with E-state index in [2.05, 4.69) is 30.2 Å². The Hall–Kier alpha value is -0.980. The Morgan fingerprint density at radius 1 is 1.31 bits per heavy atom. The van der Waals surface area contributed by atoms with E-state index >= 15 is 0 Å². The van der Waals surface area contributed by atoms with Crippen LogP contribution in [-0.2, 0) is 6.42 Å². The van der Waals surface area contributed by atoms with Crippen LogP contribution in [0.1, 0.15) is 5.82 Å². The number of fused-ring (bicyclic) bond motifs is 1. The molecule has 0 unspecified atom stereocenters. The fourth-order valence-corrected chi connectivity index (χ4v) is 2.72. The molecule has 0 saturated carbocycles. The summed E-state index contributed by atoms with van der Waals surface area (Å²) in [5, 5.41) is 13.8. The van der Waals surface area contributed by atoms with Crippen molar-refractivity contribution >= 4 is 16.3 Å². The van der Waals surface area contributed by atoms with E-state index in [1.807, 2.05) is 6.20 Å². The molecule has 1 fully saturated rings. The molecule has 1 aliphatic rings.